The molecule has 0 spiro atoms. The standard InChI is InChI=1S/C20H22N4O4S2/c1-14-5-6-15(30(27,28)24-8-3-2-4-9-24)11-17(14)22-18(25)12-23-13-21-16-7-10-29-19(16)20(23)26/h5-7,10-11,13H,2-4,8-9,12H2,1H3,(H,22,25). The summed E-state index contributed by atoms with van der Waals surface area (Å²) in [6.07, 6.45) is 4.09. The first-order valence-electron chi connectivity index (χ1n) is 9.69. The maximum Gasteiger partial charge on any atom is 0.271 e. The highest BCUT2D eigenvalue weighted by atomic mass is 32.2. The molecule has 2 aromatic heterocycles. The number of rotatable bonds is 5. The first kappa shape index (κ1) is 20.7. The van der Waals surface area contributed by atoms with Gasteiger partial charge in [0.2, 0.25) is 15.9 Å². The van der Waals surface area contributed by atoms with Gasteiger partial charge in [-0.3, -0.25) is 14.2 Å². The number of aromatic nitrogens is 2. The Morgan fingerprint density at radius 2 is 1.97 bits per heavy atom. The molecule has 1 aliphatic rings. The lowest BCUT2D eigenvalue weighted by Crippen LogP contribution is -2.35. The van der Waals surface area contributed by atoms with Gasteiger partial charge in [0.05, 0.1) is 16.7 Å². The lowest BCUT2D eigenvalue weighted by atomic mass is 10.2. The van der Waals surface area contributed by atoms with Crippen molar-refractivity contribution in [3.8, 4) is 0 Å². The Morgan fingerprint density at radius 1 is 1.20 bits per heavy atom. The maximum absolute atomic E-state index is 12.9. The molecule has 3 aromatic rings. The van der Waals surface area contributed by atoms with Gasteiger partial charge in [-0.25, -0.2) is 13.4 Å². The molecule has 0 unspecified atom stereocenters. The summed E-state index contributed by atoms with van der Waals surface area (Å²) in [4.78, 5) is 29.4. The molecule has 1 amide bonds. The summed E-state index contributed by atoms with van der Waals surface area (Å²) in [5.74, 6) is -0.426. The van der Waals surface area contributed by atoms with Crippen LogP contribution in [0.15, 0.2) is 45.7 Å². The van der Waals surface area contributed by atoms with Crippen LogP contribution in [0.25, 0.3) is 10.2 Å². The SMILES string of the molecule is Cc1ccc(S(=O)(=O)N2CCCCC2)cc1NC(=O)Cn1cnc2ccsc2c1=O. The van der Waals surface area contributed by atoms with Crippen LogP contribution in [0.1, 0.15) is 24.8 Å². The van der Waals surface area contributed by atoms with E-state index < -0.39 is 15.9 Å². The number of aryl methyl sites for hydroxylation is 1. The average Bonchev–Trinajstić information content (AvgIpc) is 3.22. The molecule has 0 atom stereocenters. The van der Waals surface area contributed by atoms with Crippen molar-refractivity contribution in [3.63, 3.8) is 0 Å². The van der Waals surface area contributed by atoms with E-state index in [1.54, 1.807) is 30.5 Å². The highest BCUT2D eigenvalue weighted by Crippen LogP contribution is 2.25. The van der Waals surface area contributed by atoms with Crippen LogP contribution in [0.3, 0.4) is 0 Å². The Bertz CT molecular complexity index is 1260. The topological polar surface area (TPSA) is 101 Å². The van der Waals surface area contributed by atoms with Crippen LogP contribution in [0.2, 0.25) is 0 Å². The fourth-order valence-electron chi connectivity index (χ4n) is 3.49. The molecule has 0 radical (unpaired) electrons. The number of hydrogen-bond donors (Lipinski definition) is 1. The number of piperidine rings is 1. The Kier molecular flexibility index (Phi) is 5.72. The molecular formula is C20H22N4O4S2. The second kappa shape index (κ2) is 8.29. The third-order valence-electron chi connectivity index (χ3n) is 5.19. The zero-order chi connectivity index (χ0) is 21.3. The van der Waals surface area contributed by atoms with Crippen molar-refractivity contribution in [1.29, 1.82) is 0 Å². The molecule has 8 nitrogen and oxygen atoms in total. The number of carbonyl (C=O) groups excluding carboxylic acids is 1. The van der Waals surface area contributed by atoms with Crippen molar-refractivity contribution in [3.05, 3.63) is 51.9 Å². The molecule has 4 rings (SSSR count). The van der Waals surface area contributed by atoms with E-state index in [2.05, 4.69) is 10.3 Å². The van der Waals surface area contributed by atoms with Crippen LogP contribution >= 0.6 is 11.3 Å². The van der Waals surface area contributed by atoms with Crippen molar-refractivity contribution < 1.29 is 13.2 Å². The van der Waals surface area contributed by atoms with E-state index in [0.717, 1.165) is 24.8 Å². The van der Waals surface area contributed by atoms with Crippen LogP contribution in [-0.4, -0.2) is 41.3 Å². The number of amides is 1. The molecule has 0 saturated carbocycles. The van der Waals surface area contributed by atoms with Gasteiger partial charge in [-0.15, -0.1) is 11.3 Å². The van der Waals surface area contributed by atoms with Gasteiger partial charge in [-0.1, -0.05) is 12.5 Å². The number of hydrogen-bond acceptors (Lipinski definition) is 6. The number of thiophene rings is 1. The normalized spacial score (nSPS) is 15.4. The third kappa shape index (κ3) is 4.03. The van der Waals surface area contributed by atoms with Crippen molar-refractivity contribution in [2.45, 2.75) is 37.6 Å². The molecule has 3 heterocycles. The predicted molar refractivity (Wildman–Crippen MR) is 116 cm³/mol. The smallest absolute Gasteiger partial charge is 0.271 e. The Balaban J connectivity index is 1.55. The lowest BCUT2D eigenvalue weighted by Gasteiger charge is -2.26. The van der Waals surface area contributed by atoms with E-state index in [4.69, 9.17) is 0 Å². The Labute approximate surface area is 178 Å². The average molecular weight is 447 g/mol. The van der Waals surface area contributed by atoms with Gasteiger partial charge in [0, 0.05) is 18.8 Å². The molecule has 0 bridgehead atoms. The molecule has 30 heavy (non-hydrogen) atoms. The molecule has 1 N–H and O–H groups in total. The lowest BCUT2D eigenvalue weighted by molar-refractivity contribution is -0.116. The van der Waals surface area contributed by atoms with Gasteiger partial charge < -0.3 is 5.32 Å². The van der Waals surface area contributed by atoms with E-state index in [1.165, 1.54) is 32.6 Å². The third-order valence-corrected chi connectivity index (χ3v) is 7.97. The quantitative estimate of drug-likeness (QED) is 0.649. The van der Waals surface area contributed by atoms with Gasteiger partial charge >= 0.3 is 0 Å². The molecule has 10 heteroatoms. The van der Waals surface area contributed by atoms with Crippen LogP contribution in [0.4, 0.5) is 5.69 Å². The minimum atomic E-state index is -3.60. The molecular weight excluding hydrogens is 424 g/mol. The minimum absolute atomic E-state index is 0.157. The minimum Gasteiger partial charge on any atom is -0.324 e. The van der Waals surface area contributed by atoms with E-state index in [1.807, 2.05) is 0 Å². The zero-order valence-electron chi connectivity index (χ0n) is 16.5. The first-order chi connectivity index (χ1) is 14.4. The number of sulfonamides is 1. The molecule has 1 aliphatic heterocycles. The largest absolute Gasteiger partial charge is 0.324 e. The molecule has 1 fully saturated rings. The number of anilines is 1. The van der Waals surface area contributed by atoms with Crippen LogP contribution < -0.4 is 10.9 Å². The fourth-order valence-corrected chi connectivity index (χ4v) is 5.82. The summed E-state index contributed by atoms with van der Waals surface area (Å²) in [6.45, 7) is 2.61. The highest BCUT2D eigenvalue weighted by Gasteiger charge is 2.26. The van der Waals surface area contributed by atoms with E-state index >= 15 is 0 Å². The second-order valence-electron chi connectivity index (χ2n) is 7.30. The molecule has 1 saturated heterocycles. The second-order valence-corrected chi connectivity index (χ2v) is 10.2. The van der Waals surface area contributed by atoms with Crippen molar-refractivity contribution >= 4 is 43.2 Å². The summed E-state index contributed by atoms with van der Waals surface area (Å²) < 4.78 is 29.1. The number of fused-ring (bicyclic) bond motifs is 1. The summed E-state index contributed by atoms with van der Waals surface area (Å²) in [5, 5.41) is 4.52. The molecule has 1 aromatic carbocycles. The summed E-state index contributed by atoms with van der Waals surface area (Å²) in [6, 6.07) is 6.48. The predicted octanol–water partition coefficient (Wildman–Crippen LogP) is 2.58. The van der Waals surface area contributed by atoms with Crippen molar-refractivity contribution in [2.75, 3.05) is 18.4 Å². The van der Waals surface area contributed by atoms with Crippen LogP contribution in [0.5, 0.6) is 0 Å². The number of nitrogens with one attached hydrogen (secondary N) is 1. The molecule has 0 aliphatic carbocycles. The fraction of sp³-hybridized carbons (Fsp3) is 0.350. The Hall–Kier alpha value is -2.56. The van der Waals surface area contributed by atoms with Gasteiger partial charge in [0.1, 0.15) is 11.2 Å². The zero-order valence-corrected chi connectivity index (χ0v) is 18.1. The van der Waals surface area contributed by atoms with Crippen LogP contribution in [0, 0.1) is 6.92 Å². The van der Waals surface area contributed by atoms with Crippen LogP contribution in [-0.2, 0) is 21.4 Å². The monoisotopic (exact) mass is 446 g/mol. The van der Waals surface area contributed by atoms with Gasteiger partial charge in [-0.05, 0) is 48.9 Å². The van der Waals surface area contributed by atoms with Gasteiger partial charge in [0.15, 0.2) is 0 Å². The summed E-state index contributed by atoms with van der Waals surface area (Å²) in [7, 11) is -3.60. The van der Waals surface area contributed by atoms with E-state index in [-0.39, 0.29) is 17.0 Å². The molecule has 158 valence electrons. The van der Waals surface area contributed by atoms with E-state index in [9.17, 15) is 18.0 Å². The van der Waals surface area contributed by atoms with Gasteiger partial charge in [0.25, 0.3) is 5.56 Å². The summed E-state index contributed by atoms with van der Waals surface area (Å²) in [5.41, 5.74) is 1.48. The maximum atomic E-state index is 12.9. The van der Waals surface area contributed by atoms with Crippen molar-refractivity contribution in [1.82, 2.24) is 13.9 Å². The number of nitrogens with zero attached hydrogens (tertiary/aromatic N) is 3. The van der Waals surface area contributed by atoms with Crippen molar-refractivity contribution in [2.24, 2.45) is 0 Å². The number of benzene rings is 1. The number of carbonyl (C=O) groups is 1. The van der Waals surface area contributed by atoms with Gasteiger partial charge in [-0.2, -0.15) is 4.31 Å². The Morgan fingerprint density at radius 3 is 2.73 bits per heavy atom. The van der Waals surface area contributed by atoms with E-state index in [0.29, 0.717) is 29.0 Å². The summed E-state index contributed by atoms with van der Waals surface area (Å²) >= 11 is 1.28. The first-order valence-corrected chi connectivity index (χ1v) is 12.0. The highest BCUT2D eigenvalue weighted by molar-refractivity contribution is 7.89.